The summed E-state index contributed by atoms with van der Waals surface area (Å²) in [5, 5.41) is 1.91. The fourth-order valence-electron chi connectivity index (χ4n) is 3.66. The van der Waals surface area contributed by atoms with Crippen LogP contribution in [0.15, 0.2) is 40.8 Å². The first-order valence-corrected chi connectivity index (χ1v) is 10.1. The van der Waals surface area contributed by atoms with Gasteiger partial charge in [0.05, 0.1) is 11.4 Å². The number of ether oxygens (including phenoxy) is 2. The number of fused-ring (bicyclic) bond motifs is 3. The lowest BCUT2D eigenvalue weighted by Gasteiger charge is -2.05. The lowest BCUT2D eigenvalue weighted by molar-refractivity contribution is 0.460. The van der Waals surface area contributed by atoms with Crippen molar-refractivity contribution in [3.63, 3.8) is 0 Å². The first-order chi connectivity index (χ1) is 14.8. The highest BCUT2D eigenvalue weighted by molar-refractivity contribution is 6.05. The van der Waals surface area contributed by atoms with Gasteiger partial charge in [0.25, 0.3) is 0 Å². The van der Waals surface area contributed by atoms with Gasteiger partial charge in [-0.3, -0.25) is 0 Å². The van der Waals surface area contributed by atoms with Crippen molar-refractivity contribution < 1.29 is 13.9 Å². The van der Waals surface area contributed by atoms with Crippen LogP contribution in [0.1, 0.15) is 23.0 Å². The van der Waals surface area contributed by atoms with E-state index in [0.29, 0.717) is 23.3 Å². The highest BCUT2D eigenvalue weighted by Crippen LogP contribution is 2.36. The molecule has 0 atom stereocenters. The van der Waals surface area contributed by atoms with E-state index in [1.165, 1.54) is 0 Å². The third-order valence-corrected chi connectivity index (χ3v) is 5.96. The molecule has 7 heteroatoms. The summed E-state index contributed by atoms with van der Waals surface area (Å²) in [6.45, 7) is 7.90. The average Bonchev–Trinajstić information content (AvgIpc) is 3.32. The van der Waals surface area contributed by atoms with Gasteiger partial charge < -0.3 is 23.0 Å². The zero-order valence-electron chi connectivity index (χ0n) is 18.5. The SMILES string of the molecule is Cc1nc(Oc2ccc3oc4ccc(Oc5nc(C)n(C)c5C)cc4c3c2)c(C)n1C. The van der Waals surface area contributed by atoms with E-state index < -0.39 is 0 Å². The molecule has 0 N–H and O–H groups in total. The summed E-state index contributed by atoms with van der Waals surface area (Å²) in [5.41, 5.74) is 3.54. The van der Waals surface area contributed by atoms with Crippen LogP contribution in [0.25, 0.3) is 21.9 Å². The second-order valence-electron chi connectivity index (χ2n) is 7.84. The molecule has 0 aliphatic carbocycles. The van der Waals surface area contributed by atoms with Gasteiger partial charge in [0, 0.05) is 24.9 Å². The Balaban J connectivity index is 1.53. The first kappa shape index (κ1) is 19.2. The van der Waals surface area contributed by atoms with Crippen molar-refractivity contribution in [1.82, 2.24) is 19.1 Å². The Morgan fingerprint density at radius 3 is 1.45 bits per heavy atom. The molecular formula is C24H24N4O3. The molecule has 0 radical (unpaired) electrons. The van der Waals surface area contributed by atoms with E-state index in [9.17, 15) is 0 Å². The van der Waals surface area contributed by atoms with Crippen LogP contribution in [0.4, 0.5) is 0 Å². The van der Waals surface area contributed by atoms with Crippen molar-refractivity contribution in [3.8, 4) is 23.3 Å². The molecule has 5 aromatic rings. The third-order valence-electron chi connectivity index (χ3n) is 5.96. The first-order valence-electron chi connectivity index (χ1n) is 10.1. The summed E-state index contributed by atoms with van der Waals surface area (Å²) in [4.78, 5) is 9.00. The monoisotopic (exact) mass is 416 g/mol. The molecule has 0 saturated heterocycles. The van der Waals surface area contributed by atoms with E-state index >= 15 is 0 Å². The largest absolute Gasteiger partial charge is 0.456 e. The Kier molecular flexibility index (Phi) is 4.28. The fraction of sp³-hybridized carbons (Fsp3) is 0.250. The van der Waals surface area contributed by atoms with Crippen molar-refractivity contribution >= 4 is 21.9 Å². The molecule has 0 spiro atoms. The average molecular weight is 416 g/mol. The van der Waals surface area contributed by atoms with Crippen molar-refractivity contribution in [3.05, 3.63) is 59.4 Å². The summed E-state index contributed by atoms with van der Waals surface area (Å²) in [7, 11) is 3.95. The van der Waals surface area contributed by atoms with Crippen LogP contribution in [0.2, 0.25) is 0 Å². The standard InChI is InChI=1S/C24H24N4O3/c1-13-23(25-15(3)27(13)5)29-17-7-9-21-19(11-17)20-12-18(8-10-22(20)31-21)30-24-14(2)28(6)16(4)26-24/h7-12H,1-6H3. The molecule has 0 aliphatic rings. The summed E-state index contributed by atoms with van der Waals surface area (Å²) in [5.74, 6) is 4.44. The molecule has 0 fully saturated rings. The Hall–Kier alpha value is -3.74. The van der Waals surface area contributed by atoms with Crippen LogP contribution >= 0.6 is 0 Å². The van der Waals surface area contributed by atoms with Crippen LogP contribution in [-0.2, 0) is 14.1 Å². The second kappa shape index (κ2) is 6.91. The van der Waals surface area contributed by atoms with Gasteiger partial charge in [-0.2, -0.15) is 9.97 Å². The number of aromatic nitrogens is 4. The van der Waals surface area contributed by atoms with Crippen LogP contribution in [-0.4, -0.2) is 19.1 Å². The molecule has 3 heterocycles. The predicted molar refractivity (Wildman–Crippen MR) is 119 cm³/mol. The van der Waals surface area contributed by atoms with E-state index in [2.05, 4.69) is 9.97 Å². The van der Waals surface area contributed by atoms with E-state index in [0.717, 1.165) is 45.0 Å². The normalized spacial score (nSPS) is 11.5. The minimum atomic E-state index is 0.608. The van der Waals surface area contributed by atoms with Crippen LogP contribution < -0.4 is 9.47 Å². The molecule has 3 aromatic heterocycles. The maximum Gasteiger partial charge on any atom is 0.240 e. The number of hydrogen-bond acceptors (Lipinski definition) is 5. The second-order valence-corrected chi connectivity index (χ2v) is 7.84. The van der Waals surface area contributed by atoms with Gasteiger partial charge in [-0.15, -0.1) is 0 Å². The maximum absolute atomic E-state index is 6.08. The molecule has 0 aliphatic heterocycles. The zero-order valence-corrected chi connectivity index (χ0v) is 18.5. The van der Waals surface area contributed by atoms with E-state index in [1.807, 2.05) is 87.3 Å². The van der Waals surface area contributed by atoms with Gasteiger partial charge in [0.2, 0.25) is 11.8 Å². The molecule has 7 nitrogen and oxygen atoms in total. The van der Waals surface area contributed by atoms with Crippen molar-refractivity contribution in [2.45, 2.75) is 27.7 Å². The summed E-state index contributed by atoms with van der Waals surface area (Å²) in [6, 6.07) is 11.6. The highest BCUT2D eigenvalue weighted by Gasteiger charge is 2.15. The number of imidazole rings is 2. The third kappa shape index (κ3) is 3.13. The zero-order chi connectivity index (χ0) is 21.9. The Morgan fingerprint density at radius 1 is 0.677 bits per heavy atom. The number of aryl methyl sites for hydroxylation is 2. The van der Waals surface area contributed by atoms with E-state index in [1.54, 1.807) is 0 Å². The summed E-state index contributed by atoms with van der Waals surface area (Å²) in [6.07, 6.45) is 0. The van der Waals surface area contributed by atoms with Gasteiger partial charge in [0.15, 0.2) is 0 Å². The Bertz CT molecular complexity index is 1350. The number of hydrogen-bond donors (Lipinski definition) is 0. The smallest absolute Gasteiger partial charge is 0.240 e. The molecular weight excluding hydrogens is 392 g/mol. The molecule has 0 amide bonds. The van der Waals surface area contributed by atoms with E-state index in [-0.39, 0.29) is 0 Å². The molecule has 0 unspecified atom stereocenters. The quantitative estimate of drug-likeness (QED) is 0.366. The topological polar surface area (TPSA) is 67.2 Å². The van der Waals surface area contributed by atoms with Crippen molar-refractivity contribution in [1.29, 1.82) is 0 Å². The lowest BCUT2D eigenvalue weighted by Crippen LogP contribution is -1.93. The lowest BCUT2D eigenvalue weighted by atomic mass is 10.1. The maximum atomic E-state index is 6.08. The molecule has 0 bridgehead atoms. The van der Waals surface area contributed by atoms with Gasteiger partial charge in [-0.05, 0) is 64.1 Å². The molecule has 2 aromatic carbocycles. The van der Waals surface area contributed by atoms with E-state index in [4.69, 9.17) is 13.9 Å². The van der Waals surface area contributed by atoms with Crippen molar-refractivity contribution in [2.24, 2.45) is 14.1 Å². The molecule has 0 saturated carbocycles. The molecule has 5 rings (SSSR count). The summed E-state index contributed by atoms with van der Waals surface area (Å²) >= 11 is 0. The fourth-order valence-corrected chi connectivity index (χ4v) is 3.66. The van der Waals surface area contributed by atoms with Gasteiger partial charge in [-0.25, -0.2) is 0 Å². The predicted octanol–water partition coefficient (Wildman–Crippen LogP) is 5.87. The molecule has 31 heavy (non-hydrogen) atoms. The number of benzene rings is 2. The summed E-state index contributed by atoms with van der Waals surface area (Å²) < 4.78 is 22.2. The number of nitrogens with zero attached hydrogens (tertiary/aromatic N) is 4. The minimum absolute atomic E-state index is 0.608. The molecule has 158 valence electrons. The Morgan fingerprint density at radius 2 is 1.10 bits per heavy atom. The number of rotatable bonds is 4. The van der Waals surface area contributed by atoms with Crippen molar-refractivity contribution in [2.75, 3.05) is 0 Å². The van der Waals surface area contributed by atoms with Crippen LogP contribution in [0.5, 0.6) is 23.3 Å². The minimum Gasteiger partial charge on any atom is -0.456 e. The highest BCUT2D eigenvalue weighted by atomic mass is 16.5. The van der Waals surface area contributed by atoms with Gasteiger partial charge >= 0.3 is 0 Å². The number of furan rings is 1. The Labute approximate surface area is 179 Å². The van der Waals surface area contributed by atoms with Gasteiger partial charge in [-0.1, -0.05) is 0 Å². The van der Waals surface area contributed by atoms with Crippen LogP contribution in [0.3, 0.4) is 0 Å². The van der Waals surface area contributed by atoms with Gasteiger partial charge in [0.1, 0.15) is 34.3 Å². The van der Waals surface area contributed by atoms with Crippen LogP contribution in [0, 0.1) is 27.7 Å².